The molecule has 1 heterocycles. The smallest absolute Gasteiger partial charge is 0.330 e. The van der Waals surface area contributed by atoms with Crippen LogP contribution in [0.25, 0.3) is 0 Å². The first-order valence-electron chi connectivity index (χ1n) is 7.58. The molecule has 0 aliphatic rings. The highest BCUT2D eigenvalue weighted by Crippen LogP contribution is 2.15. The molecule has 0 aliphatic heterocycles. The van der Waals surface area contributed by atoms with E-state index < -0.39 is 11.2 Å². The molecule has 124 valence electrons. The van der Waals surface area contributed by atoms with Gasteiger partial charge in [-0.1, -0.05) is 26.7 Å². The minimum atomic E-state index is -0.530. The highest BCUT2D eigenvalue weighted by molar-refractivity contribution is 7.80. The fraction of sp³-hybridized carbons (Fsp3) is 0.643. The van der Waals surface area contributed by atoms with Gasteiger partial charge in [0.1, 0.15) is 11.5 Å². The van der Waals surface area contributed by atoms with Crippen molar-refractivity contribution in [3.63, 3.8) is 0 Å². The van der Waals surface area contributed by atoms with Gasteiger partial charge in [0.2, 0.25) is 0 Å². The quantitative estimate of drug-likeness (QED) is 0.511. The van der Waals surface area contributed by atoms with Crippen LogP contribution in [0.4, 0.5) is 11.5 Å². The predicted molar refractivity (Wildman–Crippen MR) is 94.6 cm³/mol. The Morgan fingerprint density at radius 3 is 2.55 bits per heavy atom. The molecule has 0 saturated heterocycles. The van der Waals surface area contributed by atoms with Gasteiger partial charge >= 0.3 is 5.69 Å². The van der Waals surface area contributed by atoms with Crippen molar-refractivity contribution in [2.75, 3.05) is 24.2 Å². The molecule has 0 bridgehead atoms. The molecule has 22 heavy (non-hydrogen) atoms. The summed E-state index contributed by atoms with van der Waals surface area (Å²) in [4.78, 5) is 27.8. The van der Waals surface area contributed by atoms with Crippen LogP contribution in [0.3, 0.4) is 0 Å². The lowest BCUT2D eigenvalue weighted by atomic mass is 10.3. The lowest BCUT2D eigenvalue weighted by Gasteiger charge is -2.23. The van der Waals surface area contributed by atoms with Crippen LogP contribution < -0.4 is 27.2 Å². The van der Waals surface area contributed by atoms with E-state index in [0.29, 0.717) is 11.7 Å². The second kappa shape index (κ2) is 8.57. The van der Waals surface area contributed by atoms with E-state index in [1.165, 1.54) is 9.47 Å². The van der Waals surface area contributed by atoms with Crippen molar-refractivity contribution in [3.8, 4) is 0 Å². The lowest BCUT2D eigenvalue weighted by Crippen LogP contribution is -2.43. The van der Waals surface area contributed by atoms with Gasteiger partial charge < -0.3 is 16.0 Å². The molecule has 8 heteroatoms. The summed E-state index contributed by atoms with van der Waals surface area (Å²) in [5.74, 6) is 0.143. The fourth-order valence-electron chi connectivity index (χ4n) is 2.03. The Hall–Kier alpha value is -1.83. The molecule has 0 aromatic carbocycles. The standard InChI is InChI=1S/C14H25N5O2S/c1-4-6-8-16-14(22)18(3)10-11(15)19(9-7-5-2)13(21)17-12(10)20/h4-9,15H2,1-3H3,(H,16,22)(H,17,20,21). The first-order chi connectivity index (χ1) is 10.4. The highest BCUT2D eigenvalue weighted by atomic mass is 32.1. The van der Waals surface area contributed by atoms with Crippen molar-refractivity contribution in [1.29, 1.82) is 0 Å². The molecule has 0 saturated carbocycles. The summed E-state index contributed by atoms with van der Waals surface area (Å²) in [6, 6.07) is 0. The molecule has 1 aromatic rings. The minimum absolute atomic E-state index is 0.143. The first kappa shape index (κ1) is 18.2. The number of H-pyrrole nitrogens is 1. The molecule has 0 radical (unpaired) electrons. The van der Waals surface area contributed by atoms with Crippen molar-refractivity contribution in [2.24, 2.45) is 0 Å². The maximum absolute atomic E-state index is 12.1. The monoisotopic (exact) mass is 327 g/mol. The zero-order valence-electron chi connectivity index (χ0n) is 13.4. The summed E-state index contributed by atoms with van der Waals surface area (Å²) in [5, 5.41) is 3.48. The van der Waals surface area contributed by atoms with E-state index in [2.05, 4.69) is 17.2 Å². The summed E-state index contributed by atoms with van der Waals surface area (Å²) in [7, 11) is 1.66. The van der Waals surface area contributed by atoms with Crippen molar-refractivity contribution < 1.29 is 0 Å². The third-order valence-electron chi connectivity index (χ3n) is 3.40. The van der Waals surface area contributed by atoms with Crippen LogP contribution in [0.5, 0.6) is 0 Å². The summed E-state index contributed by atoms with van der Waals surface area (Å²) in [5.41, 5.74) is 5.21. The van der Waals surface area contributed by atoms with Crippen LogP contribution >= 0.6 is 12.2 Å². The fourth-order valence-corrected chi connectivity index (χ4v) is 2.23. The number of nitrogen functional groups attached to an aromatic ring is 1. The van der Waals surface area contributed by atoms with E-state index >= 15 is 0 Å². The number of thiocarbonyl (C=S) groups is 1. The zero-order valence-corrected chi connectivity index (χ0v) is 14.3. The van der Waals surface area contributed by atoms with E-state index in [1.54, 1.807) is 7.05 Å². The normalized spacial score (nSPS) is 10.5. The summed E-state index contributed by atoms with van der Waals surface area (Å²) < 4.78 is 1.38. The van der Waals surface area contributed by atoms with Crippen LogP contribution in [-0.2, 0) is 6.54 Å². The predicted octanol–water partition coefficient (Wildman–Crippen LogP) is 1.03. The van der Waals surface area contributed by atoms with Gasteiger partial charge in [0, 0.05) is 20.1 Å². The Balaban J connectivity index is 3.10. The Morgan fingerprint density at radius 2 is 1.95 bits per heavy atom. The Labute approximate surface area is 135 Å². The number of aromatic amines is 1. The largest absolute Gasteiger partial charge is 0.383 e. The maximum Gasteiger partial charge on any atom is 0.330 e. The number of nitrogens with zero attached hydrogens (tertiary/aromatic N) is 2. The molecule has 0 amide bonds. The van der Waals surface area contributed by atoms with Gasteiger partial charge in [-0.2, -0.15) is 0 Å². The Kier molecular flexibility index (Phi) is 7.10. The van der Waals surface area contributed by atoms with E-state index in [0.717, 1.165) is 32.2 Å². The third-order valence-corrected chi connectivity index (χ3v) is 3.81. The van der Waals surface area contributed by atoms with Crippen molar-refractivity contribution in [1.82, 2.24) is 14.9 Å². The number of unbranched alkanes of at least 4 members (excludes halogenated alkanes) is 2. The molecule has 0 spiro atoms. The Morgan fingerprint density at radius 1 is 1.32 bits per heavy atom. The van der Waals surface area contributed by atoms with E-state index in [9.17, 15) is 9.59 Å². The van der Waals surface area contributed by atoms with Crippen molar-refractivity contribution in [2.45, 2.75) is 46.1 Å². The maximum atomic E-state index is 12.1. The number of nitrogens with one attached hydrogen (secondary N) is 2. The minimum Gasteiger partial charge on any atom is -0.383 e. The van der Waals surface area contributed by atoms with Gasteiger partial charge in [-0.25, -0.2) is 4.79 Å². The highest BCUT2D eigenvalue weighted by Gasteiger charge is 2.18. The number of aromatic nitrogens is 2. The third kappa shape index (κ3) is 4.33. The number of rotatable bonds is 7. The average molecular weight is 327 g/mol. The van der Waals surface area contributed by atoms with Gasteiger partial charge in [-0.15, -0.1) is 0 Å². The van der Waals surface area contributed by atoms with Crippen LogP contribution in [0.15, 0.2) is 9.59 Å². The van der Waals surface area contributed by atoms with Crippen LogP contribution in [0.1, 0.15) is 39.5 Å². The van der Waals surface area contributed by atoms with Gasteiger partial charge in [0.25, 0.3) is 5.56 Å². The number of anilines is 2. The van der Waals surface area contributed by atoms with Gasteiger partial charge in [-0.05, 0) is 25.1 Å². The molecule has 1 aromatic heterocycles. The molecule has 0 atom stereocenters. The van der Waals surface area contributed by atoms with Gasteiger partial charge in [-0.3, -0.25) is 14.3 Å². The SMILES string of the molecule is CCCCNC(=S)N(C)c1c(N)n(CCCC)c(=O)[nH]c1=O. The number of hydrogen-bond acceptors (Lipinski definition) is 4. The summed E-state index contributed by atoms with van der Waals surface area (Å²) >= 11 is 5.27. The molecule has 0 fully saturated rings. The Bertz CT molecular complexity index is 623. The number of nitrogens with two attached hydrogens (primary N) is 1. The van der Waals surface area contributed by atoms with Crippen molar-refractivity contribution in [3.05, 3.63) is 20.8 Å². The van der Waals surface area contributed by atoms with Gasteiger partial charge in [0.05, 0.1) is 0 Å². The van der Waals surface area contributed by atoms with E-state index in [-0.39, 0.29) is 11.5 Å². The average Bonchev–Trinajstić information content (AvgIpc) is 2.46. The van der Waals surface area contributed by atoms with E-state index in [4.69, 9.17) is 18.0 Å². The van der Waals surface area contributed by atoms with E-state index in [1.807, 2.05) is 6.92 Å². The molecule has 4 N–H and O–H groups in total. The van der Waals surface area contributed by atoms with Gasteiger partial charge in [0.15, 0.2) is 5.11 Å². The molecule has 0 unspecified atom stereocenters. The summed E-state index contributed by atoms with van der Waals surface area (Å²) in [6.45, 7) is 5.30. The number of hydrogen-bond donors (Lipinski definition) is 3. The van der Waals surface area contributed by atoms with Crippen LogP contribution in [0, 0.1) is 0 Å². The molecular weight excluding hydrogens is 302 g/mol. The second-order valence-corrected chi connectivity index (χ2v) is 5.53. The van der Waals surface area contributed by atoms with Crippen LogP contribution in [0.2, 0.25) is 0 Å². The molecule has 7 nitrogen and oxygen atoms in total. The molecular formula is C14H25N5O2S. The zero-order chi connectivity index (χ0) is 16.7. The summed E-state index contributed by atoms with van der Waals surface area (Å²) in [6.07, 6.45) is 3.76. The van der Waals surface area contributed by atoms with Crippen molar-refractivity contribution >= 4 is 28.8 Å². The van der Waals surface area contributed by atoms with Crippen LogP contribution in [-0.4, -0.2) is 28.3 Å². The molecule has 0 aliphatic carbocycles. The molecule has 1 rings (SSSR count). The lowest BCUT2D eigenvalue weighted by molar-refractivity contribution is 0.605. The first-order valence-corrected chi connectivity index (χ1v) is 7.98. The topological polar surface area (TPSA) is 96.2 Å². The second-order valence-electron chi connectivity index (χ2n) is 5.14.